The van der Waals surface area contributed by atoms with Gasteiger partial charge >= 0.3 is 0 Å². The smallest absolute Gasteiger partial charge is 0.102 e. The van der Waals surface area contributed by atoms with Crippen molar-refractivity contribution in [1.82, 2.24) is 4.98 Å². The highest BCUT2D eigenvalue weighted by Gasteiger charge is 1.96. The maximum atomic E-state index is 6.73. The van der Waals surface area contributed by atoms with Crippen LogP contribution in [0.5, 0.6) is 0 Å². The van der Waals surface area contributed by atoms with E-state index >= 15 is 0 Å². The molecule has 0 atom stereocenters. The lowest BCUT2D eigenvalue weighted by Crippen LogP contribution is -1.78. The van der Waals surface area contributed by atoms with Gasteiger partial charge in [-0.3, -0.25) is 4.98 Å². The van der Waals surface area contributed by atoms with E-state index in [0.29, 0.717) is 10.6 Å². The molecule has 1 aromatic rings. The predicted octanol–water partition coefficient (Wildman–Crippen LogP) is 3.37. The Balaban J connectivity index is 0.000000561. The van der Waals surface area contributed by atoms with Crippen molar-refractivity contribution >= 4 is 18.3 Å². The molecule has 12 heavy (non-hydrogen) atoms. The molecule has 0 radical (unpaired) electrons. The average molecular weight is 183 g/mol. The standard InChI is InChI=1S/C6H7N3S.C2H6/c1-4-2-5(9-7)6(10)3-8-4;1-2/h2-3,7,10H,1H3;1-2H3. The first-order valence-corrected chi connectivity index (χ1v) is 4.22. The summed E-state index contributed by atoms with van der Waals surface area (Å²) in [6.45, 7) is 5.85. The number of pyridine rings is 1. The Morgan fingerprint density at radius 1 is 1.50 bits per heavy atom. The van der Waals surface area contributed by atoms with Crippen molar-refractivity contribution < 1.29 is 0 Å². The Bertz CT molecular complexity index is 260. The molecular weight excluding hydrogens is 170 g/mol. The van der Waals surface area contributed by atoms with Gasteiger partial charge in [-0.15, -0.1) is 12.6 Å². The summed E-state index contributed by atoms with van der Waals surface area (Å²) in [6.07, 6.45) is 1.59. The van der Waals surface area contributed by atoms with Crippen LogP contribution in [0.25, 0.3) is 0 Å². The molecule has 1 heterocycles. The van der Waals surface area contributed by atoms with E-state index in [1.165, 1.54) is 0 Å². The molecule has 1 aromatic heterocycles. The summed E-state index contributed by atoms with van der Waals surface area (Å²) in [5.74, 6) is 0. The zero-order valence-electron chi connectivity index (χ0n) is 7.50. The van der Waals surface area contributed by atoms with Gasteiger partial charge in [0.15, 0.2) is 0 Å². The van der Waals surface area contributed by atoms with Crippen molar-refractivity contribution in [3.63, 3.8) is 0 Å². The Hall–Kier alpha value is -0.900. The van der Waals surface area contributed by atoms with Crippen LogP contribution < -0.4 is 0 Å². The lowest BCUT2D eigenvalue weighted by molar-refractivity contribution is 1.07. The van der Waals surface area contributed by atoms with Crippen molar-refractivity contribution in [1.29, 1.82) is 5.53 Å². The van der Waals surface area contributed by atoms with Gasteiger partial charge in [0.25, 0.3) is 0 Å². The number of aromatic nitrogens is 1. The molecule has 66 valence electrons. The van der Waals surface area contributed by atoms with Crippen LogP contribution in [0, 0.1) is 12.5 Å². The fourth-order valence-electron chi connectivity index (χ4n) is 0.628. The van der Waals surface area contributed by atoms with E-state index in [2.05, 4.69) is 22.7 Å². The molecule has 0 spiro atoms. The molecule has 0 saturated carbocycles. The van der Waals surface area contributed by atoms with E-state index in [1.54, 1.807) is 12.3 Å². The maximum Gasteiger partial charge on any atom is 0.102 e. The van der Waals surface area contributed by atoms with Gasteiger partial charge in [0, 0.05) is 11.9 Å². The average Bonchev–Trinajstić information content (AvgIpc) is 2.13. The van der Waals surface area contributed by atoms with Crippen LogP contribution in [0.2, 0.25) is 0 Å². The molecule has 0 aliphatic heterocycles. The second kappa shape index (κ2) is 5.71. The van der Waals surface area contributed by atoms with Gasteiger partial charge in [-0.05, 0) is 13.0 Å². The molecule has 0 aromatic carbocycles. The lowest BCUT2D eigenvalue weighted by atomic mass is 10.3. The summed E-state index contributed by atoms with van der Waals surface area (Å²) in [7, 11) is 0. The van der Waals surface area contributed by atoms with Crippen LogP contribution in [0.4, 0.5) is 5.69 Å². The summed E-state index contributed by atoms with van der Waals surface area (Å²) in [5.41, 5.74) is 8.15. The van der Waals surface area contributed by atoms with E-state index in [9.17, 15) is 0 Å². The molecule has 1 N–H and O–H groups in total. The number of thiol groups is 1. The fraction of sp³-hybridized carbons (Fsp3) is 0.375. The number of aryl methyl sites for hydroxylation is 1. The van der Waals surface area contributed by atoms with Crippen molar-refractivity contribution in [2.24, 2.45) is 5.11 Å². The van der Waals surface area contributed by atoms with Gasteiger partial charge in [0.05, 0.1) is 4.90 Å². The first kappa shape index (κ1) is 11.1. The van der Waals surface area contributed by atoms with Gasteiger partial charge < -0.3 is 0 Å². The van der Waals surface area contributed by atoms with Crippen LogP contribution in [-0.2, 0) is 0 Å². The number of hydrogen-bond donors (Lipinski definition) is 2. The van der Waals surface area contributed by atoms with E-state index in [-0.39, 0.29) is 0 Å². The van der Waals surface area contributed by atoms with Gasteiger partial charge in [0.2, 0.25) is 0 Å². The number of hydrogen-bond acceptors (Lipinski definition) is 4. The van der Waals surface area contributed by atoms with Gasteiger partial charge in [-0.1, -0.05) is 13.8 Å². The van der Waals surface area contributed by atoms with Crippen LogP contribution in [0.3, 0.4) is 0 Å². The highest BCUT2D eigenvalue weighted by Crippen LogP contribution is 2.21. The first-order chi connectivity index (χ1) is 5.74. The Kier molecular flexibility index (Phi) is 5.28. The predicted molar refractivity (Wildman–Crippen MR) is 52.4 cm³/mol. The number of rotatable bonds is 1. The second-order valence-electron chi connectivity index (χ2n) is 1.93. The molecule has 0 aliphatic carbocycles. The Morgan fingerprint density at radius 2 is 2.08 bits per heavy atom. The molecule has 1 rings (SSSR count). The van der Waals surface area contributed by atoms with Crippen molar-refractivity contribution in [3.05, 3.63) is 18.0 Å². The van der Waals surface area contributed by atoms with Crippen LogP contribution in [0.1, 0.15) is 19.5 Å². The summed E-state index contributed by atoms with van der Waals surface area (Å²) >= 11 is 4.05. The summed E-state index contributed by atoms with van der Waals surface area (Å²) in [5, 5.41) is 3.26. The lowest BCUT2D eigenvalue weighted by Gasteiger charge is -1.95. The minimum absolute atomic E-state index is 0.566. The molecule has 3 nitrogen and oxygen atoms in total. The summed E-state index contributed by atoms with van der Waals surface area (Å²) in [6, 6.07) is 1.72. The largest absolute Gasteiger partial charge is 0.260 e. The molecule has 0 amide bonds. The van der Waals surface area contributed by atoms with Crippen molar-refractivity contribution in [2.45, 2.75) is 25.7 Å². The van der Waals surface area contributed by atoms with Gasteiger partial charge in [-0.2, -0.15) is 5.11 Å². The van der Waals surface area contributed by atoms with Crippen LogP contribution in [0.15, 0.2) is 22.3 Å². The second-order valence-corrected chi connectivity index (χ2v) is 2.41. The van der Waals surface area contributed by atoms with E-state index in [0.717, 1.165) is 5.69 Å². The van der Waals surface area contributed by atoms with E-state index in [4.69, 9.17) is 5.53 Å². The fourth-order valence-corrected chi connectivity index (χ4v) is 0.800. The van der Waals surface area contributed by atoms with Gasteiger partial charge in [0.1, 0.15) is 5.69 Å². The number of nitrogens with one attached hydrogen (secondary N) is 1. The Labute approximate surface area is 78.1 Å². The molecule has 0 bridgehead atoms. The number of nitrogens with zero attached hydrogens (tertiary/aromatic N) is 2. The monoisotopic (exact) mass is 183 g/mol. The van der Waals surface area contributed by atoms with E-state index in [1.807, 2.05) is 20.8 Å². The molecule has 0 fully saturated rings. The maximum absolute atomic E-state index is 6.73. The third-order valence-electron chi connectivity index (χ3n) is 1.12. The van der Waals surface area contributed by atoms with Crippen LogP contribution in [-0.4, -0.2) is 4.98 Å². The highest BCUT2D eigenvalue weighted by molar-refractivity contribution is 7.80. The minimum Gasteiger partial charge on any atom is -0.260 e. The minimum atomic E-state index is 0.566. The summed E-state index contributed by atoms with van der Waals surface area (Å²) < 4.78 is 0. The third-order valence-corrected chi connectivity index (χ3v) is 1.46. The topological polar surface area (TPSA) is 49.1 Å². The first-order valence-electron chi connectivity index (χ1n) is 3.77. The SMILES string of the molecule is CC.Cc1cc(N=N)c(S)cn1. The van der Waals surface area contributed by atoms with Crippen molar-refractivity contribution in [3.8, 4) is 0 Å². The van der Waals surface area contributed by atoms with Gasteiger partial charge in [-0.25, -0.2) is 5.53 Å². The molecule has 4 heteroatoms. The third kappa shape index (κ3) is 3.00. The quantitative estimate of drug-likeness (QED) is 0.509. The molecule has 0 saturated heterocycles. The van der Waals surface area contributed by atoms with Crippen LogP contribution >= 0.6 is 12.6 Å². The normalized spacial score (nSPS) is 8.33. The molecule has 0 aliphatic rings. The molecule has 0 unspecified atom stereocenters. The highest BCUT2D eigenvalue weighted by atomic mass is 32.1. The summed E-state index contributed by atoms with van der Waals surface area (Å²) in [4.78, 5) is 4.61. The van der Waals surface area contributed by atoms with E-state index < -0.39 is 0 Å². The zero-order chi connectivity index (χ0) is 9.56. The van der Waals surface area contributed by atoms with Crippen molar-refractivity contribution in [2.75, 3.05) is 0 Å². The zero-order valence-corrected chi connectivity index (χ0v) is 8.39. The molecular formula is C8H13N3S. The Morgan fingerprint density at radius 3 is 2.50 bits per heavy atom.